The molecular formula is C14H17NO4. The average molecular weight is 263 g/mol. The van der Waals surface area contributed by atoms with E-state index in [1.54, 1.807) is 13.0 Å². The number of rotatable bonds is 6. The smallest absolute Gasteiger partial charge is 0.328 e. The number of hydrogen-bond acceptors (Lipinski definition) is 3. The highest BCUT2D eigenvalue weighted by Gasteiger charge is 2.10. The molecule has 0 bridgehead atoms. The van der Waals surface area contributed by atoms with E-state index in [1.807, 2.05) is 19.1 Å². The Kier molecular flexibility index (Phi) is 5.11. The Morgan fingerprint density at radius 2 is 2.16 bits per heavy atom. The molecule has 5 nitrogen and oxygen atoms in total. The van der Waals surface area contributed by atoms with Crippen LogP contribution in [0.15, 0.2) is 24.3 Å². The van der Waals surface area contributed by atoms with Gasteiger partial charge in [0.05, 0.1) is 12.5 Å². The van der Waals surface area contributed by atoms with Crippen LogP contribution in [0.4, 0.5) is 0 Å². The number of hydrogen-bond donors (Lipinski definition) is 2. The number of carbonyl (C=O) groups excluding carboxylic acids is 1. The fraction of sp³-hybridized carbons (Fsp3) is 0.286. The number of carbonyl (C=O) groups is 2. The molecule has 1 aromatic rings. The first-order chi connectivity index (χ1) is 8.90. The van der Waals surface area contributed by atoms with Crippen molar-refractivity contribution in [1.82, 2.24) is 0 Å². The van der Waals surface area contributed by atoms with Crippen LogP contribution in [0.5, 0.6) is 5.75 Å². The summed E-state index contributed by atoms with van der Waals surface area (Å²) in [5.74, 6) is -1.35. The van der Waals surface area contributed by atoms with Crippen LogP contribution in [0.1, 0.15) is 18.1 Å². The number of benzene rings is 1. The molecule has 1 aromatic carbocycles. The fourth-order valence-electron chi connectivity index (χ4n) is 1.39. The summed E-state index contributed by atoms with van der Waals surface area (Å²) in [4.78, 5) is 21.5. The van der Waals surface area contributed by atoms with Gasteiger partial charge in [0, 0.05) is 11.6 Å². The topological polar surface area (TPSA) is 89.6 Å². The molecular weight excluding hydrogens is 246 g/mol. The van der Waals surface area contributed by atoms with Crippen molar-refractivity contribution in [2.45, 2.75) is 13.8 Å². The van der Waals surface area contributed by atoms with Gasteiger partial charge in [0.1, 0.15) is 5.75 Å². The van der Waals surface area contributed by atoms with Crippen molar-refractivity contribution in [2.75, 3.05) is 6.61 Å². The maximum Gasteiger partial charge on any atom is 0.328 e. The molecule has 1 unspecified atom stereocenters. The lowest BCUT2D eigenvalue weighted by molar-refractivity contribution is -0.131. The molecule has 0 saturated carbocycles. The van der Waals surface area contributed by atoms with Gasteiger partial charge >= 0.3 is 5.97 Å². The van der Waals surface area contributed by atoms with Gasteiger partial charge in [0.2, 0.25) is 5.91 Å². The van der Waals surface area contributed by atoms with Crippen LogP contribution < -0.4 is 10.5 Å². The van der Waals surface area contributed by atoms with E-state index in [9.17, 15) is 9.59 Å². The predicted octanol–water partition coefficient (Wildman–Crippen LogP) is 1.59. The lowest BCUT2D eigenvalue weighted by Gasteiger charge is -2.12. The summed E-state index contributed by atoms with van der Waals surface area (Å²) >= 11 is 0. The molecule has 19 heavy (non-hydrogen) atoms. The summed E-state index contributed by atoms with van der Waals surface area (Å²) in [5, 5.41) is 8.64. The minimum atomic E-state index is -1.03. The van der Waals surface area contributed by atoms with Crippen LogP contribution in [0.3, 0.4) is 0 Å². The highest BCUT2D eigenvalue weighted by molar-refractivity contribution is 5.86. The van der Waals surface area contributed by atoms with E-state index in [0.717, 1.165) is 11.6 Å². The summed E-state index contributed by atoms with van der Waals surface area (Å²) in [7, 11) is 0. The molecule has 3 N–H and O–H groups in total. The van der Waals surface area contributed by atoms with Gasteiger partial charge in [0.15, 0.2) is 0 Å². The Morgan fingerprint density at radius 1 is 1.47 bits per heavy atom. The van der Waals surface area contributed by atoms with Crippen LogP contribution in [0.2, 0.25) is 0 Å². The maximum atomic E-state index is 10.9. The zero-order valence-electron chi connectivity index (χ0n) is 10.9. The van der Waals surface area contributed by atoms with Crippen molar-refractivity contribution in [3.8, 4) is 5.75 Å². The van der Waals surface area contributed by atoms with Crippen molar-refractivity contribution in [1.29, 1.82) is 0 Å². The van der Waals surface area contributed by atoms with E-state index < -0.39 is 17.8 Å². The number of aryl methyl sites for hydroxylation is 1. The predicted molar refractivity (Wildman–Crippen MR) is 71.7 cm³/mol. The molecule has 1 rings (SSSR count). The number of carboxylic acids is 1. The Labute approximate surface area is 111 Å². The summed E-state index contributed by atoms with van der Waals surface area (Å²) < 4.78 is 5.50. The Bertz CT molecular complexity index is 508. The number of aliphatic carboxylic acids is 1. The zero-order chi connectivity index (χ0) is 14.4. The van der Waals surface area contributed by atoms with Crippen LogP contribution in [0, 0.1) is 12.8 Å². The summed E-state index contributed by atoms with van der Waals surface area (Å²) in [6.07, 6.45) is 2.50. The molecule has 0 saturated heterocycles. The van der Waals surface area contributed by atoms with Crippen molar-refractivity contribution >= 4 is 18.0 Å². The number of primary amides is 1. The number of ether oxygens (including phenoxy) is 1. The van der Waals surface area contributed by atoms with E-state index in [0.29, 0.717) is 11.3 Å². The van der Waals surface area contributed by atoms with Gasteiger partial charge in [-0.15, -0.1) is 0 Å². The molecule has 0 aromatic heterocycles. The average Bonchev–Trinajstić information content (AvgIpc) is 2.34. The standard InChI is InChI=1S/C14H17NO4/c1-9-3-5-12(19-8-10(2)14(15)18)11(7-9)4-6-13(16)17/h3-7,10H,8H2,1-2H3,(H2,15,18)(H,16,17). The molecule has 0 aliphatic heterocycles. The van der Waals surface area contributed by atoms with Crippen molar-refractivity contribution in [2.24, 2.45) is 11.7 Å². The second kappa shape index (κ2) is 6.58. The largest absolute Gasteiger partial charge is 0.492 e. The molecule has 0 aliphatic rings. The molecule has 1 atom stereocenters. The third-order valence-electron chi connectivity index (χ3n) is 2.55. The van der Waals surface area contributed by atoms with Gasteiger partial charge in [-0.05, 0) is 25.1 Å². The van der Waals surface area contributed by atoms with Crippen LogP contribution in [-0.2, 0) is 9.59 Å². The Balaban J connectivity index is 2.87. The van der Waals surface area contributed by atoms with E-state index in [1.165, 1.54) is 6.08 Å². The van der Waals surface area contributed by atoms with E-state index in [2.05, 4.69) is 0 Å². The molecule has 0 spiro atoms. The summed E-state index contributed by atoms with van der Waals surface area (Å²) in [5.41, 5.74) is 6.79. The van der Waals surface area contributed by atoms with E-state index >= 15 is 0 Å². The molecule has 0 fully saturated rings. The summed E-state index contributed by atoms with van der Waals surface area (Å²) in [6, 6.07) is 5.40. The van der Waals surface area contributed by atoms with E-state index in [-0.39, 0.29) is 6.61 Å². The second-order valence-electron chi connectivity index (χ2n) is 4.33. The highest BCUT2D eigenvalue weighted by atomic mass is 16.5. The zero-order valence-corrected chi connectivity index (χ0v) is 10.9. The Morgan fingerprint density at radius 3 is 2.74 bits per heavy atom. The van der Waals surface area contributed by atoms with Gasteiger partial charge in [-0.1, -0.05) is 18.6 Å². The minimum absolute atomic E-state index is 0.159. The maximum absolute atomic E-state index is 10.9. The summed E-state index contributed by atoms with van der Waals surface area (Å²) in [6.45, 7) is 3.73. The molecule has 0 radical (unpaired) electrons. The van der Waals surface area contributed by atoms with Crippen molar-refractivity contribution in [3.63, 3.8) is 0 Å². The first-order valence-corrected chi connectivity index (χ1v) is 5.84. The van der Waals surface area contributed by atoms with Gasteiger partial charge in [-0.3, -0.25) is 4.79 Å². The third-order valence-corrected chi connectivity index (χ3v) is 2.55. The molecule has 1 amide bonds. The lowest BCUT2D eigenvalue weighted by Crippen LogP contribution is -2.25. The molecule has 0 heterocycles. The van der Waals surface area contributed by atoms with Crippen LogP contribution in [0.25, 0.3) is 6.08 Å². The van der Waals surface area contributed by atoms with Crippen LogP contribution >= 0.6 is 0 Å². The number of amides is 1. The highest BCUT2D eigenvalue weighted by Crippen LogP contribution is 2.22. The SMILES string of the molecule is Cc1ccc(OCC(C)C(N)=O)c(C=CC(=O)O)c1. The van der Waals surface area contributed by atoms with Crippen LogP contribution in [-0.4, -0.2) is 23.6 Å². The first kappa shape index (κ1) is 14.8. The fourth-order valence-corrected chi connectivity index (χ4v) is 1.39. The van der Waals surface area contributed by atoms with Crippen molar-refractivity contribution < 1.29 is 19.4 Å². The number of nitrogens with two attached hydrogens (primary N) is 1. The molecule has 102 valence electrons. The van der Waals surface area contributed by atoms with E-state index in [4.69, 9.17) is 15.6 Å². The van der Waals surface area contributed by atoms with Gasteiger partial charge in [-0.25, -0.2) is 4.79 Å². The van der Waals surface area contributed by atoms with Gasteiger partial charge in [0.25, 0.3) is 0 Å². The Hall–Kier alpha value is -2.30. The number of carboxylic acid groups (broad SMARTS) is 1. The molecule has 5 heteroatoms. The van der Waals surface area contributed by atoms with Gasteiger partial charge < -0.3 is 15.6 Å². The lowest BCUT2D eigenvalue weighted by atomic mass is 10.1. The first-order valence-electron chi connectivity index (χ1n) is 5.84. The van der Waals surface area contributed by atoms with Gasteiger partial charge in [-0.2, -0.15) is 0 Å². The molecule has 0 aliphatic carbocycles. The monoisotopic (exact) mass is 263 g/mol. The quantitative estimate of drug-likeness (QED) is 0.763. The third kappa shape index (κ3) is 4.83. The van der Waals surface area contributed by atoms with Crippen molar-refractivity contribution in [3.05, 3.63) is 35.4 Å². The second-order valence-corrected chi connectivity index (χ2v) is 4.33. The minimum Gasteiger partial charge on any atom is -0.492 e. The normalized spacial score (nSPS) is 12.3.